The molecule has 1 unspecified atom stereocenters. The van der Waals surface area contributed by atoms with Crippen molar-refractivity contribution in [1.82, 2.24) is 30.1 Å². The molecule has 0 bridgehead atoms. The summed E-state index contributed by atoms with van der Waals surface area (Å²) in [6, 6.07) is 4.36. The number of nitrogens with zero attached hydrogens (tertiary/aromatic N) is 4. The number of carbonyl (C=O) groups excluding carboxylic acids is 1. The number of alkyl halides is 3. The highest BCUT2D eigenvalue weighted by Gasteiger charge is 2.34. The van der Waals surface area contributed by atoms with Gasteiger partial charge in [0.2, 0.25) is 5.43 Å². The van der Waals surface area contributed by atoms with Gasteiger partial charge in [-0.3, -0.25) is 10.1 Å². The highest BCUT2D eigenvalue weighted by atomic mass is 32.1. The number of aromatic nitrogens is 3. The molecule has 1 aromatic carbocycles. The van der Waals surface area contributed by atoms with Crippen molar-refractivity contribution in [1.29, 1.82) is 0 Å². The van der Waals surface area contributed by atoms with E-state index < -0.39 is 34.9 Å². The molecule has 3 aromatic heterocycles. The third-order valence-corrected chi connectivity index (χ3v) is 9.53. The minimum atomic E-state index is -4.67. The number of rotatable bonds is 11. The second-order valence-corrected chi connectivity index (χ2v) is 12.5. The minimum absolute atomic E-state index is 0.0134. The Bertz CT molecular complexity index is 1860. The zero-order valence-corrected chi connectivity index (χ0v) is 27.7. The molecule has 48 heavy (non-hydrogen) atoms. The fraction of sp³-hybridized carbons (Fsp3) is 0.424. The Kier molecular flexibility index (Phi) is 10.8. The molecule has 15 heteroatoms. The van der Waals surface area contributed by atoms with Gasteiger partial charge in [0, 0.05) is 66.0 Å². The van der Waals surface area contributed by atoms with Crippen molar-refractivity contribution in [3.63, 3.8) is 0 Å². The number of likely N-dealkylation sites (tertiary alicyclic amines) is 1. The lowest BCUT2D eigenvalue weighted by molar-refractivity contribution is -0.140. The first-order valence-corrected chi connectivity index (χ1v) is 16.8. The van der Waals surface area contributed by atoms with E-state index in [0.29, 0.717) is 29.7 Å². The number of thiazole rings is 1. The molecule has 0 saturated carbocycles. The maximum Gasteiger partial charge on any atom is 0.434 e. The van der Waals surface area contributed by atoms with Crippen molar-refractivity contribution in [2.45, 2.75) is 45.7 Å². The molecule has 4 heterocycles. The average molecular weight is 686 g/mol. The van der Waals surface area contributed by atoms with E-state index in [2.05, 4.69) is 49.2 Å². The van der Waals surface area contributed by atoms with Gasteiger partial charge in [-0.15, -0.1) is 11.3 Å². The van der Waals surface area contributed by atoms with Crippen LogP contribution in [-0.2, 0) is 6.18 Å². The number of urea groups is 1. The molecule has 0 aliphatic carbocycles. The number of aromatic amines is 1. The van der Waals surface area contributed by atoms with Crippen LogP contribution in [0.5, 0.6) is 0 Å². The van der Waals surface area contributed by atoms with Crippen molar-refractivity contribution < 1.29 is 27.9 Å². The summed E-state index contributed by atoms with van der Waals surface area (Å²) in [4.78, 5) is 53.6. The van der Waals surface area contributed by atoms with Crippen LogP contribution in [0.15, 0.2) is 40.8 Å². The molecule has 0 radical (unpaired) electrons. The maximum absolute atomic E-state index is 13.7. The summed E-state index contributed by atoms with van der Waals surface area (Å²) in [5.41, 5.74) is 0.315. The SMILES string of the molecule is CCNC(=O)Nc1cc(-c2nc(C(F)(F)F)cs2)c(-c2cc3c(=O)c(C(=O)O)c[nH]c3cc2C2CCCN(CCN(CC)CC)C2)cn1. The highest BCUT2D eigenvalue weighted by Crippen LogP contribution is 2.43. The van der Waals surface area contributed by atoms with Gasteiger partial charge in [-0.25, -0.2) is 19.6 Å². The molecular formula is C33H38F3N7O4S. The van der Waals surface area contributed by atoms with E-state index >= 15 is 0 Å². The van der Waals surface area contributed by atoms with Crippen LogP contribution in [0.25, 0.3) is 32.6 Å². The third-order valence-electron chi connectivity index (χ3n) is 8.65. The number of amides is 2. The van der Waals surface area contributed by atoms with E-state index in [1.165, 1.54) is 18.5 Å². The van der Waals surface area contributed by atoms with Crippen LogP contribution in [0.4, 0.5) is 23.8 Å². The van der Waals surface area contributed by atoms with Crippen molar-refractivity contribution in [2.75, 3.05) is 51.1 Å². The van der Waals surface area contributed by atoms with E-state index in [-0.39, 0.29) is 27.7 Å². The monoisotopic (exact) mass is 685 g/mol. The van der Waals surface area contributed by atoms with Crippen LogP contribution >= 0.6 is 11.3 Å². The number of nitrogens with one attached hydrogen (secondary N) is 3. The number of carboxylic acid groups (broad SMARTS) is 1. The summed E-state index contributed by atoms with van der Waals surface area (Å²) in [6.07, 6.45) is -0.303. The van der Waals surface area contributed by atoms with Crippen LogP contribution in [0, 0.1) is 0 Å². The standard InChI is InChI=1S/C33H38F3N7O4S/c1-4-37-32(47)41-28-14-22(30-40-27(18-48-30)33(34,35)36)24(15-39-28)21-12-23-26(38-16-25(29(23)44)31(45)46)13-20(21)19-8-7-9-43(17-19)11-10-42(5-2)6-3/h12-16,18-19H,4-11,17H2,1-3H3,(H,38,44)(H,45,46)(H2,37,39,41,47). The number of fused-ring (bicyclic) bond motifs is 1. The average Bonchev–Trinajstić information content (AvgIpc) is 3.57. The summed E-state index contributed by atoms with van der Waals surface area (Å²) in [7, 11) is 0. The second kappa shape index (κ2) is 14.8. The number of anilines is 1. The number of hydrogen-bond donors (Lipinski definition) is 4. The number of piperidine rings is 1. The van der Waals surface area contributed by atoms with Gasteiger partial charge in [-0.05, 0) is 74.6 Å². The van der Waals surface area contributed by atoms with Gasteiger partial charge in [0.05, 0.1) is 0 Å². The Morgan fingerprint density at radius 2 is 1.92 bits per heavy atom. The second-order valence-electron chi connectivity index (χ2n) is 11.6. The molecule has 2 amide bonds. The Labute approximate surface area is 279 Å². The first kappa shape index (κ1) is 35.0. The van der Waals surface area contributed by atoms with E-state index in [1.807, 2.05) is 6.07 Å². The quantitative estimate of drug-likeness (QED) is 0.149. The normalized spacial score (nSPS) is 15.6. The predicted molar refractivity (Wildman–Crippen MR) is 180 cm³/mol. The summed E-state index contributed by atoms with van der Waals surface area (Å²) in [5, 5.41) is 15.9. The lowest BCUT2D eigenvalue weighted by Gasteiger charge is -2.35. The van der Waals surface area contributed by atoms with Crippen LogP contribution in [0.2, 0.25) is 0 Å². The van der Waals surface area contributed by atoms with Crippen molar-refractivity contribution in [3.05, 3.63) is 63.0 Å². The molecule has 4 aromatic rings. The Hall–Kier alpha value is -4.34. The van der Waals surface area contributed by atoms with Crippen LogP contribution in [0.1, 0.15) is 61.1 Å². The number of aromatic carboxylic acids is 1. The van der Waals surface area contributed by atoms with Gasteiger partial charge >= 0.3 is 18.2 Å². The topological polar surface area (TPSA) is 144 Å². The van der Waals surface area contributed by atoms with Crippen molar-refractivity contribution in [3.8, 4) is 21.7 Å². The number of H-pyrrole nitrogens is 1. The molecule has 0 spiro atoms. The molecule has 1 saturated heterocycles. The fourth-order valence-electron chi connectivity index (χ4n) is 6.11. The Morgan fingerprint density at radius 1 is 1.15 bits per heavy atom. The third kappa shape index (κ3) is 7.69. The molecule has 5 rings (SSSR count). The Morgan fingerprint density at radius 3 is 2.58 bits per heavy atom. The number of benzene rings is 1. The Balaban J connectivity index is 1.69. The maximum atomic E-state index is 13.7. The van der Waals surface area contributed by atoms with E-state index in [9.17, 15) is 32.7 Å². The fourth-order valence-corrected chi connectivity index (χ4v) is 6.97. The van der Waals surface area contributed by atoms with Crippen LogP contribution in [0.3, 0.4) is 0 Å². The van der Waals surface area contributed by atoms with Gasteiger partial charge in [-0.2, -0.15) is 13.2 Å². The van der Waals surface area contributed by atoms with E-state index in [4.69, 9.17) is 0 Å². The van der Waals surface area contributed by atoms with Gasteiger partial charge in [-0.1, -0.05) is 13.8 Å². The van der Waals surface area contributed by atoms with Gasteiger partial charge in [0.25, 0.3) is 0 Å². The molecular weight excluding hydrogens is 647 g/mol. The molecule has 256 valence electrons. The minimum Gasteiger partial charge on any atom is -0.477 e. The number of pyridine rings is 2. The van der Waals surface area contributed by atoms with Gasteiger partial charge in [0.15, 0.2) is 5.69 Å². The number of likely N-dealkylation sites (N-methyl/N-ethyl adjacent to an activating group) is 1. The van der Waals surface area contributed by atoms with E-state index in [1.54, 1.807) is 13.0 Å². The zero-order valence-electron chi connectivity index (χ0n) is 26.9. The largest absolute Gasteiger partial charge is 0.477 e. The van der Waals surface area contributed by atoms with Gasteiger partial charge < -0.3 is 25.2 Å². The lowest BCUT2D eigenvalue weighted by Crippen LogP contribution is -2.40. The van der Waals surface area contributed by atoms with Gasteiger partial charge in [0.1, 0.15) is 16.4 Å². The summed E-state index contributed by atoms with van der Waals surface area (Å²) in [6.45, 7) is 11.7. The first-order chi connectivity index (χ1) is 22.9. The first-order valence-electron chi connectivity index (χ1n) is 15.9. The van der Waals surface area contributed by atoms with Crippen molar-refractivity contribution >= 4 is 40.1 Å². The molecule has 11 nitrogen and oxygen atoms in total. The summed E-state index contributed by atoms with van der Waals surface area (Å²) >= 11 is 0.799. The molecule has 1 aliphatic heterocycles. The lowest BCUT2D eigenvalue weighted by atomic mass is 9.83. The molecule has 1 fully saturated rings. The number of carbonyl (C=O) groups is 2. The summed E-state index contributed by atoms with van der Waals surface area (Å²) < 4.78 is 41.0. The van der Waals surface area contributed by atoms with Crippen LogP contribution < -0.4 is 16.1 Å². The predicted octanol–water partition coefficient (Wildman–Crippen LogP) is 6.09. The molecule has 4 N–H and O–H groups in total. The smallest absolute Gasteiger partial charge is 0.434 e. The molecule has 1 atom stereocenters. The number of hydrogen-bond acceptors (Lipinski definition) is 8. The van der Waals surface area contributed by atoms with E-state index in [0.717, 1.165) is 67.8 Å². The molecule has 1 aliphatic rings. The number of carboxylic acids is 1. The highest BCUT2D eigenvalue weighted by molar-refractivity contribution is 7.13. The van der Waals surface area contributed by atoms with Crippen molar-refractivity contribution in [2.24, 2.45) is 0 Å². The number of halogens is 3. The summed E-state index contributed by atoms with van der Waals surface area (Å²) in [5.74, 6) is -1.30. The zero-order chi connectivity index (χ0) is 34.6. The van der Waals surface area contributed by atoms with Crippen LogP contribution in [-0.4, -0.2) is 87.7 Å².